The van der Waals surface area contributed by atoms with E-state index in [0.717, 1.165) is 11.3 Å². The zero-order valence-corrected chi connectivity index (χ0v) is 11.4. The van der Waals surface area contributed by atoms with Crippen molar-refractivity contribution in [1.82, 2.24) is 0 Å². The first kappa shape index (κ1) is 14.5. The molecule has 0 unspecified atom stereocenters. The summed E-state index contributed by atoms with van der Waals surface area (Å²) >= 11 is 0. The number of benzene rings is 1. The lowest BCUT2D eigenvalue weighted by atomic mass is 9.75. The van der Waals surface area contributed by atoms with E-state index in [1.165, 1.54) is 7.11 Å². The molecule has 2 N–H and O–H groups in total. The molecule has 0 heterocycles. The molecule has 0 aliphatic heterocycles. The third kappa shape index (κ3) is 2.82. The van der Waals surface area contributed by atoms with Crippen LogP contribution in [0.3, 0.4) is 0 Å². The van der Waals surface area contributed by atoms with Gasteiger partial charge < -0.3 is 15.2 Å². The second-order valence-corrected chi connectivity index (χ2v) is 4.77. The van der Waals surface area contributed by atoms with Crippen LogP contribution in [0, 0.1) is 5.41 Å². The molecule has 0 bridgehead atoms. The fourth-order valence-corrected chi connectivity index (χ4v) is 2.09. The van der Waals surface area contributed by atoms with Gasteiger partial charge in [0.05, 0.1) is 19.6 Å². The molecule has 18 heavy (non-hydrogen) atoms. The first-order valence-electron chi connectivity index (χ1n) is 5.89. The summed E-state index contributed by atoms with van der Waals surface area (Å²) < 4.78 is 9.96. The zero-order valence-electron chi connectivity index (χ0n) is 11.4. The van der Waals surface area contributed by atoms with E-state index in [1.54, 1.807) is 7.11 Å². The van der Waals surface area contributed by atoms with Gasteiger partial charge in [-0.25, -0.2) is 0 Å². The Morgan fingerprint density at radius 3 is 2.22 bits per heavy atom. The molecular formula is C14H21NO3. The second-order valence-electron chi connectivity index (χ2n) is 4.77. The van der Waals surface area contributed by atoms with Crippen molar-refractivity contribution in [2.24, 2.45) is 11.1 Å². The Bertz CT molecular complexity index is 398. The number of methoxy groups -OCH3 is 2. The monoisotopic (exact) mass is 251 g/mol. The number of carbonyl (C=O) groups excluding carboxylic acids is 1. The molecule has 1 aromatic carbocycles. The Morgan fingerprint density at radius 2 is 1.83 bits per heavy atom. The first-order chi connectivity index (χ1) is 8.47. The van der Waals surface area contributed by atoms with Crippen molar-refractivity contribution < 1.29 is 14.3 Å². The molecule has 1 atom stereocenters. The van der Waals surface area contributed by atoms with E-state index in [-0.39, 0.29) is 11.9 Å². The molecule has 1 rings (SSSR count). The maximum absolute atomic E-state index is 11.8. The van der Waals surface area contributed by atoms with Gasteiger partial charge >= 0.3 is 5.97 Å². The van der Waals surface area contributed by atoms with E-state index in [2.05, 4.69) is 0 Å². The summed E-state index contributed by atoms with van der Waals surface area (Å²) in [6.45, 7) is 4.08. The predicted molar refractivity (Wildman–Crippen MR) is 70.6 cm³/mol. The zero-order chi connectivity index (χ0) is 13.8. The van der Waals surface area contributed by atoms with Crippen LogP contribution in [0.15, 0.2) is 24.3 Å². The SMILES string of the molecule is COC(=O)C(C)(C)[C@@H](CN)c1ccc(OC)cc1. The molecule has 0 spiro atoms. The van der Waals surface area contributed by atoms with Crippen molar-refractivity contribution in [3.63, 3.8) is 0 Å². The van der Waals surface area contributed by atoms with Gasteiger partial charge in [-0.2, -0.15) is 0 Å². The second kappa shape index (κ2) is 5.87. The lowest BCUT2D eigenvalue weighted by Crippen LogP contribution is -2.36. The van der Waals surface area contributed by atoms with Crippen molar-refractivity contribution in [3.8, 4) is 5.75 Å². The van der Waals surface area contributed by atoms with Crippen LogP contribution in [-0.2, 0) is 9.53 Å². The van der Waals surface area contributed by atoms with Crippen LogP contribution in [0.2, 0.25) is 0 Å². The lowest BCUT2D eigenvalue weighted by molar-refractivity contribution is -0.152. The number of carbonyl (C=O) groups is 1. The number of esters is 1. The fourth-order valence-electron chi connectivity index (χ4n) is 2.09. The third-order valence-corrected chi connectivity index (χ3v) is 3.34. The molecule has 0 radical (unpaired) electrons. The standard InChI is InChI=1S/C14H21NO3/c1-14(2,13(16)18-4)12(9-15)10-5-7-11(17-3)8-6-10/h5-8,12H,9,15H2,1-4H3/t12-/m0/s1. The summed E-state index contributed by atoms with van der Waals surface area (Å²) in [7, 11) is 3.01. The van der Waals surface area contributed by atoms with Gasteiger partial charge in [-0.15, -0.1) is 0 Å². The number of rotatable bonds is 5. The van der Waals surface area contributed by atoms with Gasteiger partial charge in [0.25, 0.3) is 0 Å². The van der Waals surface area contributed by atoms with Gasteiger partial charge in [-0.1, -0.05) is 12.1 Å². The van der Waals surface area contributed by atoms with E-state index < -0.39 is 5.41 Å². The van der Waals surface area contributed by atoms with Gasteiger partial charge in [-0.05, 0) is 31.5 Å². The van der Waals surface area contributed by atoms with Crippen molar-refractivity contribution in [2.45, 2.75) is 19.8 Å². The van der Waals surface area contributed by atoms with E-state index in [4.69, 9.17) is 15.2 Å². The highest BCUT2D eigenvalue weighted by molar-refractivity contribution is 5.77. The van der Waals surface area contributed by atoms with Crippen molar-refractivity contribution in [3.05, 3.63) is 29.8 Å². The number of hydrogen-bond donors (Lipinski definition) is 1. The van der Waals surface area contributed by atoms with Crippen molar-refractivity contribution in [1.29, 1.82) is 0 Å². The topological polar surface area (TPSA) is 61.5 Å². The molecular weight excluding hydrogens is 230 g/mol. The van der Waals surface area contributed by atoms with E-state index in [0.29, 0.717) is 6.54 Å². The molecule has 1 aromatic rings. The van der Waals surface area contributed by atoms with Crippen LogP contribution >= 0.6 is 0 Å². The van der Waals surface area contributed by atoms with Crippen LogP contribution in [-0.4, -0.2) is 26.7 Å². The van der Waals surface area contributed by atoms with Gasteiger partial charge in [0, 0.05) is 12.5 Å². The highest BCUT2D eigenvalue weighted by Gasteiger charge is 2.37. The molecule has 100 valence electrons. The molecule has 4 nitrogen and oxygen atoms in total. The van der Waals surface area contributed by atoms with Crippen LogP contribution in [0.1, 0.15) is 25.3 Å². The molecule has 4 heteroatoms. The summed E-state index contributed by atoms with van der Waals surface area (Å²) in [5, 5.41) is 0. The predicted octanol–water partition coefficient (Wildman–Crippen LogP) is 1.94. The Kier molecular flexibility index (Phi) is 4.73. The van der Waals surface area contributed by atoms with Crippen LogP contribution in [0.4, 0.5) is 0 Å². The largest absolute Gasteiger partial charge is 0.497 e. The van der Waals surface area contributed by atoms with Gasteiger partial charge in [0.15, 0.2) is 0 Å². The van der Waals surface area contributed by atoms with Crippen LogP contribution in [0.5, 0.6) is 5.75 Å². The van der Waals surface area contributed by atoms with Crippen LogP contribution in [0.25, 0.3) is 0 Å². The highest BCUT2D eigenvalue weighted by Crippen LogP contribution is 2.36. The summed E-state index contributed by atoms with van der Waals surface area (Å²) in [5.74, 6) is 0.440. The molecule has 0 aromatic heterocycles. The van der Waals surface area contributed by atoms with Crippen LogP contribution < -0.4 is 10.5 Å². The van der Waals surface area contributed by atoms with Crippen molar-refractivity contribution in [2.75, 3.05) is 20.8 Å². The smallest absolute Gasteiger partial charge is 0.311 e. The summed E-state index contributed by atoms with van der Waals surface area (Å²) in [5.41, 5.74) is 6.17. The average Bonchev–Trinajstić information content (AvgIpc) is 2.39. The fraction of sp³-hybridized carbons (Fsp3) is 0.500. The Morgan fingerprint density at radius 1 is 1.28 bits per heavy atom. The molecule has 0 aliphatic rings. The minimum Gasteiger partial charge on any atom is -0.497 e. The minimum absolute atomic E-state index is 0.0872. The van der Waals surface area contributed by atoms with E-state index in [9.17, 15) is 4.79 Å². The highest BCUT2D eigenvalue weighted by atomic mass is 16.5. The number of hydrogen-bond acceptors (Lipinski definition) is 4. The Balaban J connectivity index is 3.04. The maximum atomic E-state index is 11.8. The summed E-state index contributed by atoms with van der Waals surface area (Å²) in [6, 6.07) is 7.60. The number of ether oxygens (including phenoxy) is 2. The lowest BCUT2D eigenvalue weighted by Gasteiger charge is -2.31. The molecule has 0 amide bonds. The van der Waals surface area contributed by atoms with E-state index in [1.807, 2.05) is 38.1 Å². The molecule has 0 saturated heterocycles. The normalized spacial score (nSPS) is 12.9. The maximum Gasteiger partial charge on any atom is 0.311 e. The van der Waals surface area contributed by atoms with Crippen molar-refractivity contribution >= 4 is 5.97 Å². The number of nitrogens with two attached hydrogens (primary N) is 1. The van der Waals surface area contributed by atoms with Gasteiger partial charge in [-0.3, -0.25) is 4.79 Å². The first-order valence-corrected chi connectivity index (χ1v) is 5.89. The molecule has 0 saturated carbocycles. The summed E-state index contributed by atoms with van der Waals surface area (Å²) in [4.78, 5) is 11.8. The molecule has 0 aliphatic carbocycles. The minimum atomic E-state index is -0.655. The average molecular weight is 251 g/mol. The van der Waals surface area contributed by atoms with Gasteiger partial charge in [0.1, 0.15) is 5.75 Å². The van der Waals surface area contributed by atoms with E-state index >= 15 is 0 Å². The third-order valence-electron chi connectivity index (χ3n) is 3.34. The summed E-state index contributed by atoms with van der Waals surface area (Å²) in [6.07, 6.45) is 0. The quantitative estimate of drug-likeness (QED) is 0.812. The Hall–Kier alpha value is -1.55. The van der Waals surface area contributed by atoms with Gasteiger partial charge in [0.2, 0.25) is 0 Å². The molecule has 0 fully saturated rings. The Labute approximate surface area is 108 Å².